The molecule has 0 aliphatic carbocycles. The normalized spacial score (nSPS) is 17.0. The summed E-state index contributed by atoms with van der Waals surface area (Å²) >= 11 is 0. The summed E-state index contributed by atoms with van der Waals surface area (Å²) in [6.45, 7) is 5.31. The van der Waals surface area contributed by atoms with Crippen molar-refractivity contribution in [2.75, 3.05) is 19.8 Å². The van der Waals surface area contributed by atoms with E-state index < -0.39 is 0 Å². The zero-order valence-electron chi connectivity index (χ0n) is 14.5. The molecule has 3 rings (SSSR count). The van der Waals surface area contributed by atoms with Gasteiger partial charge in [-0.2, -0.15) is 4.98 Å². The predicted molar refractivity (Wildman–Crippen MR) is 91.3 cm³/mol. The summed E-state index contributed by atoms with van der Waals surface area (Å²) in [5, 5.41) is 6.77. The fraction of sp³-hybridized carbons (Fsp3) is 0.500. The van der Waals surface area contributed by atoms with E-state index in [1.54, 1.807) is 12.1 Å². The van der Waals surface area contributed by atoms with E-state index in [9.17, 15) is 4.79 Å². The molecule has 1 fully saturated rings. The van der Waals surface area contributed by atoms with Crippen LogP contribution in [0.5, 0.6) is 5.75 Å². The van der Waals surface area contributed by atoms with Gasteiger partial charge in [0.1, 0.15) is 5.75 Å². The van der Waals surface area contributed by atoms with E-state index in [2.05, 4.69) is 15.5 Å². The number of amides is 1. The fourth-order valence-corrected chi connectivity index (χ4v) is 2.51. The Hall–Kier alpha value is -2.41. The SMILES string of the molecule is CC(C)c1noc(-c2ccc(OCC(=O)NC[C@@H]3CCCO3)cc2)n1. The van der Waals surface area contributed by atoms with E-state index in [4.69, 9.17) is 14.0 Å². The number of hydrogen-bond donors (Lipinski definition) is 1. The Bertz CT molecular complexity index is 691. The lowest BCUT2D eigenvalue weighted by atomic mass is 10.2. The molecule has 1 saturated heterocycles. The van der Waals surface area contributed by atoms with Gasteiger partial charge in [-0.15, -0.1) is 0 Å². The Labute approximate surface area is 146 Å². The molecule has 0 saturated carbocycles. The summed E-state index contributed by atoms with van der Waals surface area (Å²) in [5.74, 6) is 1.83. The van der Waals surface area contributed by atoms with Crippen molar-refractivity contribution in [3.8, 4) is 17.2 Å². The molecule has 1 aromatic heterocycles. The van der Waals surface area contributed by atoms with Crippen LogP contribution in [0.15, 0.2) is 28.8 Å². The number of benzene rings is 1. The second kappa shape index (κ2) is 8.11. The molecule has 0 spiro atoms. The molecule has 134 valence electrons. The largest absolute Gasteiger partial charge is 0.484 e. The van der Waals surface area contributed by atoms with Crippen molar-refractivity contribution >= 4 is 5.91 Å². The molecule has 1 aromatic carbocycles. The molecular weight excluding hydrogens is 322 g/mol. The first kappa shape index (κ1) is 17.4. The molecular formula is C18H23N3O4. The van der Waals surface area contributed by atoms with E-state index in [-0.39, 0.29) is 24.5 Å². The zero-order chi connectivity index (χ0) is 17.6. The minimum atomic E-state index is -0.155. The Morgan fingerprint density at radius 2 is 2.16 bits per heavy atom. The molecule has 1 aliphatic heterocycles. The third-order valence-corrected chi connectivity index (χ3v) is 3.98. The highest BCUT2D eigenvalue weighted by Gasteiger charge is 2.16. The minimum Gasteiger partial charge on any atom is -0.484 e. The smallest absolute Gasteiger partial charge is 0.258 e. The molecule has 0 unspecified atom stereocenters. The molecule has 0 radical (unpaired) electrons. The van der Waals surface area contributed by atoms with Gasteiger partial charge in [0.25, 0.3) is 11.8 Å². The van der Waals surface area contributed by atoms with Crippen LogP contribution < -0.4 is 10.1 Å². The van der Waals surface area contributed by atoms with E-state index in [1.807, 2.05) is 26.0 Å². The third-order valence-electron chi connectivity index (χ3n) is 3.98. The van der Waals surface area contributed by atoms with Gasteiger partial charge in [0, 0.05) is 24.6 Å². The zero-order valence-corrected chi connectivity index (χ0v) is 14.5. The molecule has 2 aromatic rings. The summed E-state index contributed by atoms with van der Waals surface area (Å²) in [7, 11) is 0. The van der Waals surface area contributed by atoms with Crippen LogP contribution in [0.3, 0.4) is 0 Å². The Morgan fingerprint density at radius 3 is 2.80 bits per heavy atom. The molecule has 1 aliphatic rings. The quantitative estimate of drug-likeness (QED) is 0.830. The number of hydrogen-bond acceptors (Lipinski definition) is 6. The maximum Gasteiger partial charge on any atom is 0.258 e. The van der Waals surface area contributed by atoms with Crippen LogP contribution in [0.1, 0.15) is 38.4 Å². The fourth-order valence-electron chi connectivity index (χ4n) is 2.51. The first-order chi connectivity index (χ1) is 12.1. The Balaban J connectivity index is 1.47. The molecule has 0 bridgehead atoms. The van der Waals surface area contributed by atoms with Crippen LogP contribution in [0.4, 0.5) is 0 Å². The van der Waals surface area contributed by atoms with Gasteiger partial charge in [0.05, 0.1) is 6.10 Å². The molecule has 25 heavy (non-hydrogen) atoms. The van der Waals surface area contributed by atoms with Crippen molar-refractivity contribution in [1.82, 2.24) is 15.5 Å². The lowest BCUT2D eigenvalue weighted by Gasteiger charge is -2.11. The van der Waals surface area contributed by atoms with Gasteiger partial charge in [-0.05, 0) is 37.1 Å². The van der Waals surface area contributed by atoms with Crippen LogP contribution in [-0.2, 0) is 9.53 Å². The van der Waals surface area contributed by atoms with Gasteiger partial charge in [0.15, 0.2) is 12.4 Å². The number of nitrogens with zero attached hydrogens (tertiary/aromatic N) is 2. The van der Waals surface area contributed by atoms with E-state index in [0.29, 0.717) is 24.0 Å². The van der Waals surface area contributed by atoms with E-state index in [0.717, 1.165) is 25.0 Å². The highest BCUT2D eigenvalue weighted by molar-refractivity contribution is 5.77. The van der Waals surface area contributed by atoms with Crippen molar-refractivity contribution in [1.29, 1.82) is 0 Å². The number of ether oxygens (including phenoxy) is 2. The number of nitrogens with one attached hydrogen (secondary N) is 1. The molecule has 7 heteroatoms. The predicted octanol–water partition coefficient (Wildman–Crippen LogP) is 2.53. The molecule has 1 atom stereocenters. The molecule has 2 heterocycles. The van der Waals surface area contributed by atoms with Crippen molar-refractivity contribution < 1.29 is 18.8 Å². The second-order valence-corrected chi connectivity index (χ2v) is 6.36. The first-order valence-electron chi connectivity index (χ1n) is 8.57. The summed E-state index contributed by atoms with van der Waals surface area (Å²) in [4.78, 5) is 16.2. The minimum absolute atomic E-state index is 0.0237. The summed E-state index contributed by atoms with van der Waals surface area (Å²) in [6.07, 6.45) is 2.19. The maximum atomic E-state index is 11.8. The van der Waals surface area contributed by atoms with E-state index >= 15 is 0 Å². The van der Waals surface area contributed by atoms with Crippen LogP contribution >= 0.6 is 0 Å². The molecule has 7 nitrogen and oxygen atoms in total. The Kier molecular flexibility index (Phi) is 5.65. The van der Waals surface area contributed by atoms with Crippen LogP contribution in [-0.4, -0.2) is 41.9 Å². The molecule has 1 amide bonds. The summed E-state index contributed by atoms with van der Waals surface area (Å²) < 4.78 is 16.2. The first-order valence-corrected chi connectivity index (χ1v) is 8.57. The number of carbonyl (C=O) groups excluding carboxylic acids is 1. The third kappa shape index (κ3) is 4.79. The monoisotopic (exact) mass is 345 g/mol. The van der Waals surface area contributed by atoms with Gasteiger partial charge in [-0.25, -0.2) is 0 Å². The van der Waals surface area contributed by atoms with Crippen LogP contribution in [0.2, 0.25) is 0 Å². The van der Waals surface area contributed by atoms with Gasteiger partial charge in [-0.3, -0.25) is 4.79 Å². The van der Waals surface area contributed by atoms with Gasteiger partial charge >= 0.3 is 0 Å². The van der Waals surface area contributed by atoms with E-state index in [1.165, 1.54) is 0 Å². The summed E-state index contributed by atoms with van der Waals surface area (Å²) in [6, 6.07) is 7.22. The van der Waals surface area contributed by atoms with Crippen molar-refractivity contribution in [3.05, 3.63) is 30.1 Å². The van der Waals surface area contributed by atoms with Gasteiger partial charge < -0.3 is 19.3 Å². The highest BCUT2D eigenvalue weighted by Crippen LogP contribution is 2.22. The van der Waals surface area contributed by atoms with Crippen LogP contribution in [0, 0.1) is 0 Å². The average Bonchev–Trinajstić information content (AvgIpc) is 3.30. The topological polar surface area (TPSA) is 86.5 Å². The maximum absolute atomic E-state index is 11.8. The Morgan fingerprint density at radius 1 is 1.36 bits per heavy atom. The summed E-state index contributed by atoms with van der Waals surface area (Å²) in [5.41, 5.74) is 0.814. The highest BCUT2D eigenvalue weighted by atomic mass is 16.5. The van der Waals surface area contributed by atoms with Gasteiger partial charge in [-0.1, -0.05) is 19.0 Å². The second-order valence-electron chi connectivity index (χ2n) is 6.36. The van der Waals surface area contributed by atoms with Gasteiger partial charge in [0.2, 0.25) is 0 Å². The van der Waals surface area contributed by atoms with Crippen molar-refractivity contribution in [3.63, 3.8) is 0 Å². The average molecular weight is 345 g/mol. The van der Waals surface area contributed by atoms with Crippen molar-refractivity contribution in [2.45, 2.75) is 38.7 Å². The standard InChI is InChI=1S/C18H23N3O4/c1-12(2)17-20-18(25-21-17)13-5-7-14(8-6-13)24-11-16(22)19-10-15-4-3-9-23-15/h5-8,12,15H,3-4,9-11H2,1-2H3,(H,19,22)/t15-/m0/s1. The molecule has 1 N–H and O–H groups in total. The lowest BCUT2D eigenvalue weighted by molar-refractivity contribution is -0.123. The number of aromatic nitrogens is 2. The van der Waals surface area contributed by atoms with Crippen molar-refractivity contribution in [2.24, 2.45) is 0 Å². The number of carbonyl (C=O) groups is 1. The number of rotatable bonds is 7. The van der Waals surface area contributed by atoms with Crippen LogP contribution in [0.25, 0.3) is 11.5 Å². The lowest BCUT2D eigenvalue weighted by Crippen LogP contribution is -2.35.